The Morgan fingerprint density at radius 3 is 1.59 bits per heavy atom. The van der Waals surface area contributed by atoms with Crippen LogP contribution in [-0.4, -0.2) is 74.4 Å². The maximum absolute atomic E-state index is 5.79. The van der Waals surface area contributed by atoms with Gasteiger partial charge >= 0.3 is 0 Å². The van der Waals surface area contributed by atoms with E-state index in [2.05, 4.69) is 19.6 Å². The number of anilines is 1. The zero-order valence-corrected chi connectivity index (χ0v) is 17.9. The highest BCUT2D eigenvalue weighted by molar-refractivity contribution is 6.69. The molecule has 27 heavy (non-hydrogen) atoms. The van der Waals surface area contributed by atoms with E-state index < -0.39 is 8.32 Å². The largest absolute Gasteiger partial charge is 0.489 e. The minimum Gasteiger partial charge on any atom is -0.489 e. The van der Waals surface area contributed by atoms with E-state index in [0.29, 0.717) is 77.5 Å². The maximum Gasteiger partial charge on any atom is 0.183 e. The molecule has 0 aliphatic heterocycles. The van der Waals surface area contributed by atoms with Crippen molar-refractivity contribution in [2.24, 2.45) is 0 Å². The molecule has 0 atom stereocenters. The Hall–Kier alpha value is -1.16. The van der Waals surface area contributed by atoms with Gasteiger partial charge in [-0.3, -0.25) is 0 Å². The molecule has 0 aliphatic carbocycles. The Morgan fingerprint density at radius 1 is 0.667 bits per heavy atom. The lowest BCUT2D eigenvalue weighted by atomic mass is 10.3. The molecule has 0 saturated heterocycles. The number of nitrogens with two attached hydrogens (primary N) is 1. The van der Waals surface area contributed by atoms with Crippen molar-refractivity contribution in [1.29, 1.82) is 0 Å². The van der Waals surface area contributed by atoms with E-state index >= 15 is 0 Å². The summed E-state index contributed by atoms with van der Waals surface area (Å²) in [6, 6.07) is 7.40. The summed E-state index contributed by atoms with van der Waals surface area (Å²) in [4.78, 5) is 0. The molecule has 0 fully saturated rings. The monoisotopic (exact) mass is 401 g/mol. The highest BCUT2D eigenvalue weighted by Gasteiger charge is 2.12. The van der Waals surface area contributed by atoms with Gasteiger partial charge in [-0.2, -0.15) is 0 Å². The lowest BCUT2D eigenvalue weighted by Gasteiger charge is -2.16. The van der Waals surface area contributed by atoms with Crippen LogP contribution >= 0.6 is 0 Å². The zero-order chi connectivity index (χ0) is 19.8. The molecule has 0 aliphatic rings. The fourth-order valence-corrected chi connectivity index (χ4v) is 2.69. The normalized spacial score (nSPS) is 11.7. The Kier molecular flexibility index (Phi) is 13.1. The average molecular weight is 402 g/mol. The van der Waals surface area contributed by atoms with Crippen LogP contribution in [0.5, 0.6) is 5.75 Å². The van der Waals surface area contributed by atoms with Crippen LogP contribution in [0.4, 0.5) is 5.69 Å². The van der Waals surface area contributed by atoms with Gasteiger partial charge in [0.15, 0.2) is 8.32 Å². The molecule has 1 aromatic rings. The summed E-state index contributed by atoms with van der Waals surface area (Å²) in [5, 5.41) is 0. The number of rotatable bonds is 17. The van der Waals surface area contributed by atoms with Gasteiger partial charge in [-0.15, -0.1) is 0 Å². The number of hydrogen-bond donors (Lipinski definition) is 1. The molecule has 0 aromatic heterocycles. The predicted octanol–water partition coefficient (Wildman–Crippen LogP) is 2.57. The van der Waals surface area contributed by atoms with Gasteiger partial charge < -0.3 is 33.8 Å². The molecule has 0 heterocycles. The Morgan fingerprint density at radius 2 is 1.11 bits per heavy atom. The van der Waals surface area contributed by atoms with E-state index in [1.165, 1.54) is 0 Å². The topological polar surface area (TPSA) is 81.4 Å². The molecule has 2 N–H and O–H groups in total. The highest BCUT2D eigenvalue weighted by atomic mass is 28.4. The van der Waals surface area contributed by atoms with Crippen molar-refractivity contribution in [3.05, 3.63) is 24.3 Å². The highest BCUT2D eigenvalue weighted by Crippen LogP contribution is 2.19. The quantitative estimate of drug-likeness (QED) is 0.244. The van der Waals surface area contributed by atoms with Crippen LogP contribution < -0.4 is 10.5 Å². The molecular weight excluding hydrogens is 366 g/mol. The number of hydrogen-bond acceptors (Lipinski definition) is 7. The summed E-state index contributed by atoms with van der Waals surface area (Å²) >= 11 is 0. The van der Waals surface area contributed by atoms with E-state index in [-0.39, 0.29) is 0 Å². The van der Waals surface area contributed by atoms with Crippen molar-refractivity contribution in [3.63, 3.8) is 0 Å². The molecule has 1 aromatic carbocycles. The molecule has 0 bridgehead atoms. The molecular formula is C19H35NO6Si. The first-order valence-electron chi connectivity index (χ1n) is 9.41. The molecule has 7 nitrogen and oxygen atoms in total. The van der Waals surface area contributed by atoms with Crippen LogP contribution in [0, 0.1) is 0 Å². The number of benzene rings is 1. The summed E-state index contributed by atoms with van der Waals surface area (Å²) < 4.78 is 33.0. The first-order valence-corrected chi connectivity index (χ1v) is 12.8. The smallest absolute Gasteiger partial charge is 0.183 e. The lowest BCUT2D eigenvalue weighted by Crippen LogP contribution is -2.27. The van der Waals surface area contributed by atoms with Crippen LogP contribution in [0.2, 0.25) is 19.6 Å². The Balaban J connectivity index is 1.76. The molecule has 0 radical (unpaired) electrons. The lowest BCUT2D eigenvalue weighted by molar-refractivity contribution is -0.00719. The van der Waals surface area contributed by atoms with E-state index in [4.69, 9.17) is 33.8 Å². The van der Waals surface area contributed by atoms with Crippen molar-refractivity contribution >= 4 is 14.0 Å². The summed E-state index contributed by atoms with van der Waals surface area (Å²) in [7, 11) is -1.43. The second-order valence-electron chi connectivity index (χ2n) is 6.80. The van der Waals surface area contributed by atoms with Crippen molar-refractivity contribution in [3.8, 4) is 5.75 Å². The first kappa shape index (κ1) is 23.9. The first-order chi connectivity index (χ1) is 13.0. The van der Waals surface area contributed by atoms with E-state index in [0.717, 1.165) is 0 Å². The molecule has 156 valence electrons. The Labute approximate surface area is 164 Å². The fourth-order valence-electron chi connectivity index (χ4n) is 1.99. The number of nitrogen functional groups attached to an aromatic ring is 1. The third-order valence-electron chi connectivity index (χ3n) is 3.28. The van der Waals surface area contributed by atoms with Crippen molar-refractivity contribution in [1.82, 2.24) is 0 Å². The van der Waals surface area contributed by atoms with Gasteiger partial charge in [0.05, 0.1) is 65.1 Å². The van der Waals surface area contributed by atoms with Gasteiger partial charge in [0.1, 0.15) is 12.4 Å². The average Bonchev–Trinajstić information content (AvgIpc) is 2.62. The van der Waals surface area contributed by atoms with Crippen LogP contribution in [-0.2, 0) is 23.4 Å². The van der Waals surface area contributed by atoms with Crippen molar-refractivity contribution < 1.29 is 28.1 Å². The van der Waals surface area contributed by atoms with Gasteiger partial charge in [-0.1, -0.05) is 12.1 Å². The number of para-hydroxylation sites is 2. The summed E-state index contributed by atoms with van der Waals surface area (Å²) in [5.74, 6) is 0.682. The van der Waals surface area contributed by atoms with Gasteiger partial charge in [0, 0.05) is 0 Å². The van der Waals surface area contributed by atoms with Crippen molar-refractivity contribution in [2.45, 2.75) is 19.6 Å². The predicted molar refractivity (Wildman–Crippen MR) is 109 cm³/mol. The fraction of sp³-hybridized carbons (Fsp3) is 0.684. The summed E-state index contributed by atoms with van der Waals surface area (Å²) in [6.45, 7) is 12.0. The molecule has 0 unspecified atom stereocenters. The van der Waals surface area contributed by atoms with Crippen LogP contribution in [0.3, 0.4) is 0 Å². The molecule has 0 spiro atoms. The summed E-state index contributed by atoms with van der Waals surface area (Å²) in [5.41, 5.74) is 6.42. The van der Waals surface area contributed by atoms with Gasteiger partial charge in [-0.05, 0) is 31.8 Å². The third-order valence-corrected chi connectivity index (χ3v) is 4.35. The van der Waals surface area contributed by atoms with Crippen LogP contribution in [0.1, 0.15) is 0 Å². The molecule has 1 rings (SSSR count). The van der Waals surface area contributed by atoms with E-state index in [9.17, 15) is 0 Å². The van der Waals surface area contributed by atoms with Crippen molar-refractivity contribution in [2.75, 3.05) is 71.8 Å². The molecule has 8 heteroatoms. The molecule has 0 saturated carbocycles. The van der Waals surface area contributed by atoms with Gasteiger partial charge in [-0.25, -0.2) is 0 Å². The van der Waals surface area contributed by atoms with Gasteiger partial charge in [0.2, 0.25) is 0 Å². The summed E-state index contributed by atoms with van der Waals surface area (Å²) in [6.07, 6.45) is 0. The second-order valence-corrected chi connectivity index (χ2v) is 11.3. The van der Waals surface area contributed by atoms with Gasteiger partial charge in [0.25, 0.3) is 0 Å². The van der Waals surface area contributed by atoms with Crippen LogP contribution in [0.15, 0.2) is 24.3 Å². The molecule has 0 amide bonds. The third kappa shape index (κ3) is 14.6. The van der Waals surface area contributed by atoms with Crippen LogP contribution in [0.25, 0.3) is 0 Å². The Bertz CT molecular complexity index is 484. The second kappa shape index (κ2) is 14.8. The SMILES string of the molecule is C[Si](C)(C)OCCOCCOCCOCCOCCOc1ccccc1N. The number of ether oxygens (including phenoxy) is 5. The minimum absolute atomic E-state index is 0.459. The maximum atomic E-state index is 5.79. The van der Waals surface area contributed by atoms with E-state index in [1.54, 1.807) is 6.07 Å². The van der Waals surface area contributed by atoms with E-state index in [1.807, 2.05) is 18.2 Å². The standard InChI is InChI=1S/C19H35NO6Si/c1-27(2,3)26-17-15-24-13-11-22-9-8-21-10-12-23-14-16-25-19-7-5-4-6-18(19)20/h4-7H,8-17,20H2,1-3H3. The minimum atomic E-state index is -1.43. The zero-order valence-electron chi connectivity index (χ0n) is 16.9.